The van der Waals surface area contributed by atoms with Gasteiger partial charge in [0.05, 0.1) is 16.0 Å². The van der Waals surface area contributed by atoms with Gasteiger partial charge in [-0.25, -0.2) is 0 Å². The molecule has 1 N–H and O–H groups in total. The minimum absolute atomic E-state index is 0.253. The standard InChI is InChI=1S/C19H17Cl2NO4/c20-13-4-1-2-6-15(13)26-16-7-3-5-14(21)17(16)18(23)22-10-8-12(9-11-22)19(24)25/h1-7,12H,8-11H2,(H,24,25). The van der Waals surface area contributed by atoms with E-state index in [0.29, 0.717) is 42.5 Å². The van der Waals surface area contributed by atoms with Crippen molar-refractivity contribution in [1.82, 2.24) is 4.90 Å². The number of carbonyl (C=O) groups is 2. The lowest BCUT2D eigenvalue weighted by atomic mass is 9.96. The average Bonchev–Trinajstić information content (AvgIpc) is 2.63. The summed E-state index contributed by atoms with van der Waals surface area (Å²) in [7, 11) is 0. The molecule has 0 spiro atoms. The van der Waals surface area contributed by atoms with E-state index >= 15 is 0 Å². The van der Waals surface area contributed by atoms with E-state index in [1.165, 1.54) is 0 Å². The van der Waals surface area contributed by atoms with E-state index in [4.69, 9.17) is 33.0 Å². The topological polar surface area (TPSA) is 66.8 Å². The number of likely N-dealkylation sites (tertiary alicyclic amines) is 1. The molecular weight excluding hydrogens is 377 g/mol. The first-order valence-corrected chi connectivity index (χ1v) is 8.96. The van der Waals surface area contributed by atoms with Crippen molar-refractivity contribution in [2.75, 3.05) is 13.1 Å². The van der Waals surface area contributed by atoms with E-state index in [1.54, 1.807) is 47.4 Å². The number of halogens is 2. The Kier molecular flexibility index (Phi) is 5.69. The predicted molar refractivity (Wildman–Crippen MR) is 99.2 cm³/mol. The number of amides is 1. The molecule has 7 heteroatoms. The number of rotatable bonds is 4. The molecule has 136 valence electrons. The molecule has 0 radical (unpaired) electrons. The number of carbonyl (C=O) groups excluding carboxylic acids is 1. The molecule has 1 saturated heterocycles. The Morgan fingerprint density at radius 3 is 2.23 bits per heavy atom. The fraction of sp³-hybridized carbons (Fsp3) is 0.263. The van der Waals surface area contributed by atoms with E-state index in [0.717, 1.165) is 0 Å². The van der Waals surface area contributed by atoms with Gasteiger partial charge >= 0.3 is 5.97 Å². The van der Waals surface area contributed by atoms with Gasteiger partial charge < -0.3 is 14.7 Å². The summed E-state index contributed by atoms with van der Waals surface area (Å²) >= 11 is 12.4. The number of carboxylic acid groups (broad SMARTS) is 1. The maximum absolute atomic E-state index is 13.0. The minimum atomic E-state index is -0.822. The first-order chi connectivity index (χ1) is 12.5. The molecule has 0 bridgehead atoms. The highest BCUT2D eigenvalue weighted by atomic mass is 35.5. The Balaban J connectivity index is 1.84. The van der Waals surface area contributed by atoms with Gasteiger partial charge in [-0.1, -0.05) is 41.4 Å². The summed E-state index contributed by atoms with van der Waals surface area (Å²) < 4.78 is 5.83. The van der Waals surface area contributed by atoms with E-state index in [2.05, 4.69) is 0 Å². The summed E-state index contributed by atoms with van der Waals surface area (Å²) in [5.74, 6) is -0.769. The van der Waals surface area contributed by atoms with Gasteiger partial charge in [0.1, 0.15) is 17.1 Å². The summed E-state index contributed by atoms with van der Waals surface area (Å²) in [6, 6.07) is 11.9. The van der Waals surface area contributed by atoms with Crippen LogP contribution in [0, 0.1) is 5.92 Å². The van der Waals surface area contributed by atoms with Crippen molar-refractivity contribution in [3.05, 3.63) is 58.1 Å². The zero-order chi connectivity index (χ0) is 18.7. The van der Waals surface area contributed by atoms with Crippen LogP contribution in [0.3, 0.4) is 0 Å². The maximum atomic E-state index is 13.0. The van der Waals surface area contributed by atoms with Gasteiger partial charge in [0, 0.05) is 13.1 Å². The third kappa shape index (κ3) is 3.94. The van der Waals surface area contributed by atoms with Crippen LogP contribution in [0.2, 0.25) is 10.0 Å². The lowest BCUT2D eigenvalue weighted by Gasteiger charge is -2.30. The second-order valence-corrected chi connectivity index (χ2v) is 6.86. The maximum Gasteiger partial charge on any atom is 0.306 e. The van der Waals surface area contributed by atoms with Crippen LogP contribution in [0.25, 0.3) is 0 Å². The van der Waals surface area contributed by atoms with E-state index in [1.807, 2.05) is 0 Å². The Hall–Kier alpha value is -2.24. The highest BCUT2D eigenvalue weighted by molar-refractivity contribution is 6.34. The number of benzene rings is 2. The summed E-state index contributed by atoms with van der Waals surface area (Å²) in [4.78, 5) is 25.7. The van der Waals surface area contributed by atoms with Gasteiger partial charge in [0.2, 0.25) is 0 Å². The first kappa shape index (κ1) is 18.5. The zero-order valence-electron chi connectivity index (χ0n) is 13.8. The Morgan fingerprint density at radius 1 is 0.962 bits per heavy atom. The SMILES string of the molecule is O=C(O)C1CCN(C(=O)c2c(Cl)cccc2Oc2ccccc2Cl)CC1. The molecule has 0 saturated carbocycles. The number of piperidine rings is 1. The second-order valence-electron chi connectivity index (χ2n) is 6.05. The van der Waals surface area contributed by atoms with Crippen LogP contribution < -0.4 is 4.74 Å². The smallest absolute Gasteiger partial charge is 0.306 e. The Morgan fingerprint density at radius 2 is 1.58 bits per heavy atom. The van der Waals surface area contributed by atoms with Crippen LogP contribution >= 0.6 is 23.2 Å². The van der Waals surface area contributed by atoms with Crippen LogP contribution in [0.5, 0.6) is 11.5 Å². The van der Waals surface area contributed by atoms with Crippen LogP contribution in [-0.2, 0) is 4.79 Å². The number of hydrogen-bond acceptors (Lipinski definition) is 3. The van der Waals surface area contributed by atoms with Gasteiger partial charge in [-0.2, -0.15) is 0 Å². The quantitative estimate of drug-likeness (QED) is 0.815. The minimum Gasteiger partial charge on any atom is -0.481 e. The summed E-state index contributed by atoms with van der Waals surface area (Å²) in [5, 5.41) is 9.80. The van der Waals surface area contributed by atoms with Crippen molar-refractivity contribution < 1.29 is 19.4 Å². The lowest BCUT2D eigenvalue weighted by Crippen LogP contribution is -2.40. The fourth-order valence-electron chi connectivity index (χ4n) is 2.93. The summed E-state index contributed by atoms with van der Waals surface area (Å²) in [6.07, 6.45) is 0.846. The highest BCUT2D eigenvalue weighted by Crippen LogP contribution is 2.35. The molecular formula is C19H17Cl2NO4. The van der Waals surface area contributed by atoms with Crippen molar-refractivity contribution in [2.45, 2.75) is 12.8 Å². The molecule has 3 rings (SSSR count). The van der Waals surface area contributed by atoms with Crippen LogP contribution in [0.1, 0.15) is 23.2 Å². The predicted octanol–water partition coefficient (Wildman–Crippen LogP) is 4.72. The number of para-hydroxylation sites is 1. The molecule has 0 aromatic heterocycles. The molecule has 0 aliphatic carbocycles. The largest absolute Gasteiger partial charge is 0.481 e. The summed E-state index contributed by atoms with van der Waals surface area (Å²) in [5.41, 5.74) is 0.253. The number of ether oxygens (including phenoxy) is 1. The molecule has 1 fully saturated rings. The van der Waals surface area contributed by atoms with Crippen molar-refractivity contribution in [3.63, 3.8) is 0 Å². The molecule has 26 heavy (non-hydrogen) atoms. The molecule has 2 aromatic carbocycles. The number of nitrogens with zero attached hydrogens (tertiary/aromatic N) is 1. The van der Waals surface area contributed by atoms with Gasteiger partial charge in [0.15, 0.2) is 0 Å². The van der Waals surface area contributed by atoms with Crippen LogP contribution in [0.4, 0.5) is 0 Å². The normalized spacial score (nSPS) is 14.9. The van der Waals surface area contributed by atoms with Gasteiger partial charge in [-0.15, -0.1) is 0 Å². The highest BCUT2D eigenvalue weighted by Gasteiger charge is 2.30. The Labute approximate surface area is 161 Å². The molecule has 1 aliphatic rings. The number of aliphatic carboxylic acids is 1. The van der Waals surface area contributed by atoms with Crippen molar-refractivity contribution in [1.29, 1.82) is 0 Å². The van der Waals surface area contributed by atoms with Gasteiger partial charge in [-0.3, -0.25) is 9.59 Å². The molecule has 2 aromatic rings. The molecule has 1 heterocycles. The molecule has 1 aliphatic heterocycles. The number of carboxylic acids is 1. The van der Waals surface area contributed by atoms with Crippen molar-refractivity contribution in [2.24, 2.45) is 5.92 Å². The average molecular weight is 394 g/mol. The summed E-state index contributed by atoms with van der Waals surface area (Å²) in [6.45, 7) is 0.735. The molecule has 0 atom stereocenters. The monoisotopic (exact) mass is 393 g/mol. The Bertz CT molecular complexity index is 832. The number of hydrogen-bond donors (Lipinski definition) is 1. The van der Waals surface area contributed by atoms with Crippen molar-refractivity contribution >= 4 is 35.1 Å². The molecule has 0 unspecified atom stereocenters. The van der Waals surface area contributed by atoms with E-state index in [-0.39, 0.29) is 16.5 Å². The van der Waals surface area contributed by atoms with Crippen molar-refractivity contribution in [3.8, 4) is 11.5 Å². The van der Waals surface area contributed by atoms with E-state index in [9.17, 15) is 9.59 Å². The molecule has 5 nitrogen and oxygen atoms in total. The first-order valence-electron chi connectivity index (χ1n) is 8.20. The van der Waals surface area contributed by atoms with Gasteiger partial charge in [-0.05, 0) is 37.1 Å². The molecule has 1 amide bonds. The van der Waals surface area contributed by atoms with Gasteiger partial charge in [0.25, 0.3) is 5.91 Å². The second kappa shape index (κ2) is 7.98. The lowest BCUT2D eigenvalue weighted by molar-refractivity contribution is -0.143. The zero-order valence-corrected chi connectivity index (χ0v) is 15.3. The van der Waals surface area contributed by atoms with Crippen LogP contribution in [0.15, 0.2) is 42.5 Å². The van der Waals surface area contributed by atoms with Crippen LogP contribution in [-0.4, -0.2) is 35.0 Å². The fourth-order valence-corrected chi connectivity index (χ4v) is 3.35. The third-order valence-corrected chi connectivity index (χ3v) is 5.00. The van der Waals surface area contributed by atoms with E-state index < -0.39 is 11.9 Å². The third-order valence-electron chi connectivity index (χ3n) is 4.38.